The van der Waals surface area contributed by atoms with Crippen LogP contribution in [0, 0.1) is 17.8 Å². The molecule has 0 heterocycles. The number of carbonyl (C=O) groups excluding carboxylic acids is 1. The number of rotatable bonds is 8. The lowest BCUT2D eigenvalue weighted by molar-refractivity contribution is -0.137. The minimum absolute atomic E-state index is 0.233. The summed E-state index contributed by atoms with van der Waals surface area (Å²) in [6.45, 7) is 0.438. The van der Waals surface area contributed by atoms with Crippen molar-refractivity contribution in [1.29, 1.82) is 0 Å². The number of ether oxygens (including phenoxy) is 1. The van der Waals surface area contributed by atoms with Crippen LogP contribution in [0.4, 0.5) is 0 Å². The third kappa shape index (κ3) is 4.70. The maximum Gasteiger partial charge on any atom is 0.336 e. The number of carboxylic acid groups (broad SMARTS) is 1. The lowest BCUT2D eigenvalue weighted by atomic mass is 9.89. The molecule has 0 aromatic heterocycles. The average molecular weight is 402 g/mol. The predicted octanol–water partition coefficient (Wildman–Crippen LogP) is 5.60. The van der Waals surface area contributed by atoms with E-state index in [-0.39, 0.29) is 11.5 Å². The van der Waals surface area contributed by atoms with E-state index in [1.54, 1.807) is 24.3 Å². The molecule has 3 atom stereocenters. The summed E-state index contributed by atoms with van der Waals surface area (Å²) in [5, 5.41) is 9.47. The van der Waals surface area contributed by atoms with Crippen molar-refractivity contribution in [2.24, 2.45) is 17.8 Å². The van der Waals surface area contributed by atoms with E-state index in [0.717, 1.165) is 41.7 Å². The highest BCUT2D eigenvalue weighted by molar-refractivity contribution is 5.97. The molecule has 3 unspecified atom stereocenters. The molecule has 0 amide bonds. The van der Waals surface area contributed by atoms with Crippen LogP contribution in [0.15, 0.2) is 66.8 Å². The molecule has 2 aromatic carbocycles. The van der Waals surface area contributed by atoms with E-state index in [9.17, 15) is 14.7 Å². The molecule has 4 nitrogen and oxygen atoms in total. The molecular weight excluding hydrogens is 376 g/mol. The van der Waals surface area contributed by atoms with E-state index in [1.165, 1.54) is 18.9 Å². The Morgan fingerprint density at radius 1 is 1.07 bits per heavy atom. The average Bonchev–Trinajstić information content (AvgIpc) is 3.39. The maximum atomic E-state index is 12.1. The van der Waals surface area contributed by atoms with Gasteiger partial charge in [-0.2, -0.15) is 0 Å². The number of carboxylic acids is 1. The third-order valence-corrected chi connectivity index (χ3v) is 6.15. The Morgan fingerprint density at radius 2 is 1.90 bits per heavy atom. The highest BCUT2D eigenvalue weighted by atomic mass is 16.5. The standard InChI is InChI=1S/C26H26O4/c27-25(30-14-4-7-21-15-19-8-11-22(21)16-19)13-10-18-9-12-23(26(28)29)24(17-18)20-5-2-1-3-6-20/h1-3,5-6,8-13,17,19,21-22H,4,7,14-16H2,(H,28,29)/b13-10+. The van der Waals surface area contributed by atoms with Gasteiger partial charge in [-0.25, -0.2) is 9.59 Å². The van der Waals surface area contributed by atoms with Gasteiger partial charge in [0.05, 0.1) is 12.2 Å². The van der Waals surface area contributed by atoms with Crippen LogP contribution < -0.4 is 0 Å². The fraction of sp³-hybridized carbons (Fsp3) is 0.308. The van der Waals surface area contributed by atoms with Gasteiger partial charge >= 0.3 is 11.9 Å². The molecule has 2 aliphatic carbocycles. The summed E-state index contributed by atoms with van der Waals surface area (Å²) < 4.78 is 5.34. The fourth-order valence-electron chi connectivity index (χ4n) is 4.67. The normalized spacial score (nSPS) is 21.9. The molecule has 2 bridgehead atoms. The summed E-state index contributed by atoms with van der Waals surface area (Å²) in [7, 11) is 0. The van der Waals surface area contributed by atoms with Crippen LogP contribution >= 0.6 is 0 Å². The van der Waals surface area contributed by atoms with Crippen LogP contribution in [0.2, 0.25) is 0 Å². The van der Waals surface area contributed by atoms with Gasteiger partial charge in [-0.15, -0.1) is 0 Å². The number of hydrogen-bond acceptors (Lipinski definition) is 3. The molecule has 30 heavy (non-hydrogen) atoms. The second-order valence-electron chi connectivity index (χ2n) is 8.16. The highest BCUT2D eigenvalue weighted by Crippen LogP contribution is 2.45. The number of benzene rings is 2. The predicted molar refractivity (Wildman–Crippen MR) is 117 cm³/mol. The van der Waals surface area contributed by atoms with Crippen molar-refractivity contribution < 1.29 is 19.4 Å². The topological polar surface area (TPSA) is 63.6 Å². The van der Waals surface area contributed by atoms with E-state index < -0.39 is 5.97 Å². The third-order valence-electron chi connectivity index (χ3n) is 6.15. The SMILES string of the molecule is O=C(/C=C/c1ccc(C(=O)O)c(-c2ccccc2)c1)OCCCC1CC2C=CC1C2. The zero-order valence-electron chi connectivity index (χ0n) is 16.9. The number of aromatic carboxylic acids is 1. The lowest BCUT2D eigenvalue weighted by Crippen LogP contribution is -2.09. The first-order valence-corrected chi connectivity index (χ1v) is 10.6. The van der Waals surface area contributed by atoms with Gasteiger partial charge in [0.2, 0.25) is 0 Å². The van der Waals surface area contributed by atoms with Crippen LogP contribution in [-0.4, -0.2) is 23.7 Å². The van der Waals surface area contributed by atoms with Crippen molar-refractivity contribution in [3.8, 4) is 11.1 Å². The van der Waals surface area contributed by atoms with Crippen LogP contribution in [0.25, 0.3) is 17.2 Å². The van der Waals surface area contributed by atoms with Crippen LogP contribution in [0.1, 0.15) is 41.6 Å². The Labute approximate surface area is 176 Å². The highest BCUT2D eigenvalue weighted by Gasteiger charge is 2.34. The van der Waals surface area contributed by atoms with Crippen molar-refractivity contribution in [2.75, 3.05) is 6.61 Å². The molecule has 0 aliphatic heterocycles. The van der Waals surface area contributed by atoms with Crippen molar-refractivity contribution in [1.82, 2.24) is 0 Å². The van der Waals surface area contributed by atoms with Gasteiger partial charge in [0.25, 0.3) is 0 Å². The summed E-state index contributed by atoms with van der Waals surface area (Å²) in [6, 6.07) is 14.4. The quantitative estimate of drug-likeness (QED) is 0.270. The molecular formula is C26H26O4. The molecule has 4 rings (SSSR count). The second kappa shape index (κ2) is 9.12. The van der Waals surface area contributed by atoms with Crippen LogP contribution in [0.3, 0.4) is 0 Å². The zero-order valence-corrected chi connectivity index (χ0v) is 16.9. The molecule has 0 radical (unpaired) electrons. The zero-order chi connectivity index (χ0) is 20.9. The summed E-state index contributed by atoms with van der Waals surface area (Å²) in [6.07, 6.45) is 12.4. The first-order valence-electron chi connectivity index (χ1n) is 10.6. The van der Waals surface area contributed by atoms with Crippen molar-refractivity contribution in [3.05, 3.63) is 77.9 Å². The Kier molecular flexibility index (Phi) is 6.12. The lowest BCUT2D eigenvalue weighted by Gasteiger charge is -2.17. The summed E-state index contributed by atoms with van der Waals surface area (Å²) >= 11 is 0. The van der Waals surface area contributed by atoms with Gasteiger partial charge in [-0.1, -0.05) is 48.6 Å². The van der Waals surface area contributed by atoms with E-state index in [2.05, 4.69) is 12.2 Å². The molecule has 154 valence electrons. The van der Waals surface area contributed by atoms with Crippen molar-refractivity contribution >= 4 is 18.0 Å². The van der Waals surface area contributed by atoms with Gasteiger partial charge in [-0.05, 0) is 78.3 Å². The largest absolute Gasteiger partial charge is 0.478 e. The van der Waals surface area contributed by atoms with Gasteiger partial charge in [0.15, 0.2) is 0 Å². The van der Waals surface area contributed by atoms with Crippen molar-refractivity contribution in [2.45, 2.75) is 25.7 Å². The summed E-state index contributed by atoms with van der Waals surface area (Å²) in [5.74, 6) is 0.913. The van der Waals surface area contributed by atoms with Gasteiger partial charge in [-0.3, -0.25) is 0 Å². The molecule has 0 spiro atoms. The summed E-state index contributed by atoms with van der Waals surface area (Å²) in [4.78, 5) is 23.6. The summed E-state index contributed by atoms with van der Waals surface area (Å²) in [5.41, 5.74) is 2.43. The van der Waals surface area contributed by atoms with Gasteiger partial charge in [0, 0.05) is 6.08 Å². The van der Waals surface area contributed by atoms with Gasteiger partial charge in [0.1, 0.15) is 0 Å². The minimum atomic E-state index is -0.977. The molecule has 1 fully saturated rings. The van der Waals surface area contributed by atoms with Crippen LogP contribution in [-0.2, 0) is 9.53 Å². The van der Waals surface area contributed by atoms with E-state index >= 15 is 0 Å². The molecule has 0 saturated heterocycles. The maximum absolute atomic E-state index is 12.1. The Morgan fingerprint density at radius 3 is 2.60 bits per heavy atom. The number of allylic oxidation sites excluding steroid dienone is 2. The van der Waals surface area contributed by atoms with Crippen molar-refractivity contribution in [3.63, 3.8) is 0 Å². The number of hydrogen-bond donors (Lipinski definition) is 1. The molecule has 2 aromatic rings. The Hall–Kier alpha value is -3.14. The molecule has 1 saturated carbocycles. The molecule has 2 aliphatic rings. The Balaban J connectivity index is 1.32. The van der Waals surface area contributed by atoms with Gasteiger partial charge < -0.3 is 9.84 Å². The minimum Gasteiger partial charge on any atom is -0.478 e. The van der Waals surface area contributed by atoms with E-state index in [1.807, 2.05) is 30.3 Å². The van der Waals surface area contributed by atoms with E-state index in [0.29, 0.717) is 12.2 Å². The molecule has 4 heteroatoms. The first kappa shape index (κ1) is 20.1. The fourth-order valence-corrected chi connectivity index (χ4v) is 4.67. The first-order chi connectivity index (χ1) is 14.6. The smallest absolute Gasteiger partial charge is 0.336 e. The number of esters is 1. The monoisotopic (exact) mass is 402 g/mol. The number of fused-ring (bicyclic) bond motifs is 2. The molecule has 1 N–H and O–H groups in total. The van der Waals surface area contributed by atoms with E-state index in [4.69, 9.17) is 4.74 Å². The van der Waals surface area contributed by atoms with Crippen LogP contribution in [0.5, 0.6) is 0 Å². The second-order valence-corrected chi connectivity index (χ2v) is 8.16. The number of carbonyl (C=O) groups is 2. The Bertz CT molecular complexity index is 974.